The van der Waals surface area contributed by atoms with Crippen molar-refractivity contribution in [1.82, 2.24) is 5.32 Å². The topological polar surface area (TPSA) is 49.3 Å². The number of nitrogens with one attached hydrogen (secondary N) is 1. The van der Waals surface area contributed by atoms with Crippen molar-refractivity contribution >= 4 is 17.7 Å². The number of aliphatic carboxylic acids is 1. The highest BCUT2D eigenvalue weighted by atomic mass is 32.2. The second-order valence-corrected chi connectivity index (χ2v) is 7.22. The van der Waals surface area contributed by atoms with Gasteiger partial charge in [-0.25, -0.2) is 0 Å². The number of rotatable bonds is 9. The van der Waals surface area contributed by atoms with Crippen molar-refractivity contribution in [2.75, 3.05) is 5.75 Å². The normalized spacial score (nSPS) is 14.1. The number of carbonyl (C=O) groups is 1. The third-order valence-electron chi connectivity index (χ3n) is 3.44. The molecular formula is C17H27NO2S. The molecule has 3 nitrogen and oxygen atoms in total. The summed E-state index contributed by atoms with van der Waals surface area (Å²) in [4.78, 5) is 12.7. The van der Waals surface area contributed by atoms with Crippen LogP contribution in [0.1, 0.15) is 45.6 Å². The van der Waals surface area contributed by atoms with E-state index in [0.717, 1.165) is 18.6 Å². The van der Waals surface area contributed by atoms with Gasteiger partial charge in [0.05, 0.1) is 0 Å². The number of benzene rings is 1. The molecule has 0 fully saturated rings. The fourth-order valence-corrected chi connectivity index (χ4v) is 3.20. The zero-order chi connectivity index (χ0) is 15.9. The predicted molar refractivity (Wildman–Crippen MR) is 90.1 cm³/mol. The molecule has 0 aliphatic carbocycles. The monoisotopic (exact) mass is 309 g/mol. The van der Waals surface area contributed by atoms with Crippen LogP contribution in [0.4, 0.5) is 0 Å². The zero-order valence-electron chi connectivity index (χ0n) is 13.5. The van der Waals surface area contributed by atoms with Crippen molar-refractivity contribution in [1.29, 1.82) is 0 Å². The largest absolute Gasteiger partial charge is 0.480 e. The number of carboxylic acids is 1. The van der Waals surface area contributed by atoms with Crippen LogP contribution in [0.25, 0.3) is 0 Å². The molecule has 1 aromatic carbocycles. The fraction of sp³-hybridized carbons (Fsp3) is 0.588. The Labute approximate surface area is 132 Å². The summed E-state index contributed by atoms with van der Waals surface area (Å²) in [6.07, 6.45) is 2.61. The lowest BCUT2D eigenvalue weighted by Crippen LogP contribution is -2.52. The Morgan fingerprint density at radius 3 is 2.43 bits per heavy atom. The molecule has 21 heavy (non-hydrogen) atoms. The molecular weight excluding hydrogens is 282 g/mol. The highest BCUT2D eigenvalue weighted by molar-refractivity contribution is 7.99. The van der Waals surface area contributed by atoms with Crippen molar-refractivity contribution < 1.29 is 9.90 Å². The van der Waals surface area contributed by atoms with Crippen LogP contribution in [0.2, 0.25) is 0 Å². The minimum atomic E-state index is -0.817. The Morgan fingerprint density at radius 1 is 1.29 bits per heavy atom. The number of carboxylic acid groups (broad SMARTS) is 1. The summed E-state index contributed by atoms with van der Waals surface area (Å²) in [5.74, 6) is 0.267. The summed E-state index contributed by atoms with van der Waals surface area (Å²) >= 11 is 1.83. The van der Waals surface area contributed by atoms with Crippen LogP contribution in [0.15, 0.2) is 29.2 Å². The van der Waals surface area contributed by atoms with Gasteiger partial charge >= 0.3 is 5.97 Å². The van der Waals surface area contributed by atoms with Gasteiger partial charge in [0.25, 0.3) is 0 Å². The molecule has 4 heteroatoms. The summed E-state index contributed by atoms with van der Waals surface area (Å²) in [5.41, 5.74) is 0.458. The highest BCUT2D eigenvalue weighted by Crippen LogP contribution is 2.22. The van der Waals surface area contributed by atoms with E-state index in [0.29, 0.717) is 6.42 Å². The summed E-state index contributed by atoms with van der Waals surface area (Å²) in [6, 6.07) is 8.70. The van der Waals surface area contributed by atoms with E-state index >= 15 is 0 Å². The zero-order valence-corrected chi connectivity index (χ0v) is 14.3. The third kappa shape index (κ3) is 6.53. The molecule has 118 valence electrons. The van der Waals surface area contributed by atoms with Gasteiger partial charge in [-0.15, -0.1) is 11.8 Å². The van der Waals surface area contributed by atoms with E-state index < -0.39 is 11.5 Å². The van der Waals surface area contributed by atoms with E-state index in [1.165, 1.54) is 10.5 Å². The Kier molecular flexibility index (Phi) is 7.26. The molecule has 1 aromatic rings. The van der Waals surface area contributed by atoms with Crippen molar-refractivity contribution in [3.63, 3.8) is 0 Å². The van der Waals surface area contributed by atoms with Crippen LogP contribution in [-0.4, -0.2) is 28.4 Å². The molecule has 0 saturated heterocycles. The van der Waals surface area contributed by atoms with Gasteiger partial charge in [0, 0.05) is 10.9 Å². The Balaban J connectivity index is 2.31. The first-order chi connectivity index (χ1) is 9.83. The molecule has 1 atom stereocenters. The quantitative estimate of drug-likeness (QED) is 0.532. The Bertz CT molecular complexity index is 445. The molecule has 0 aliphatic heterocycles. The Hall–Kier alpha value is -1.00. The maximum absolute atomic E-state index is 11.4. The summed E-state index contributed by atoms with van der Waals surface area (Å²) in [6.45, 7) is 7.83. The van der Waals surface area contributed by atoms with Crippen molar-refractivity contribution in [2.45, 2.75) is 63.4 Å². The van der Waals surface area contributed by atoms with Gasteiger partial charge in [-0.2, -0.15) is 0 Å². The fourth-order valence-electron chi connectivity index (χ4n) is 2.28. The summed E-state index contributed by atoms with van der Waals surface area (Å²) in [7, 11) is 0. The smallest absolute Gasteiger partial charge is 0.323 e. The number of unbranched alkanes of at least 4 members (excludes halogenated alkanes) is 1. The standard InChI is InChI=1S/C17H27NO2S/c1-13(2)18-17(4,16(19)20)11-5-6-12-21-15-9-7-14(3)8-10-15/h7-10,13,18H,5-6,11-12H2,1-4H3,(H,19,20). The average molecular weight is 309 g/mol. The molecule has 2 N–H and O–H groups in total. The molecule has 1 rings (SSSR count). The van der Waals surface area contributed by atoms with Crippen molar-refractivity contribution in [2.24, 2.45) is 0 Å². The van der Waals surface area contributed by atoms with Gasteiger partial charge in [0.1, 0.15) is 5.54 Å². The number of hydrogen-bond acceptors (Lipinski definition) is 3. The van der Waals surface area contributed by atoms with Crippen LogP contribution in [0.3, 0.4) is 0 Å². The van der Waals surface area contributed by atoms with Crippen LogP contribution >= 0.6 is 11.8 Å². The van der Waals surface area contributed by atoms with E-state index in [4.69, 9.17) is 0 Å². The van der Waals surface area contributed by atoms with Crippen molar-refractivity contribution in [3.05, 3.63) is 29.8 Å². The molecule has 0 saturated carbocycles. The van der Waals surface area contributed by atoms with Gasteiger partial charge in [-0.1, -0.05) is 24.1 Å². The maximum Gasteiger partial charge on any atom is 0.323 e. The van der Waals surface area contributed by atoms with Crippen molar-refractivity contribution in [3.8, 4) is 0 Å². The Morgan fingerprint density at radius 2 is 1.90 bits per heavy atom. The predicted octanol–water partition coefficient (Wildman–Crippen LogP) is 4.10. The number of hydrogen-bond donors (Lipinski definition) is 2. The SMILES string of the molecule is Cc1ccc(SCCCCC(C)(NC(C)C)C(=O)O)cc1. The van der Waals surface area contributed by atoms with Crippen LogP contribution in [0, 0.1) is 6.92 Å². The lowest BCUT2D eigenvalue weighted by Gasteiger charge is -2.28. The average Bonchev–Trinajstić information content (AvgIpc) is 2.39. The first-order valence-electron chi connectivity index (χ1n) is 7.54. The van der Waals surface area contributed by atoms with Gasteiger partial charge in [0.15, 0.2) is 0 Å². The summed E-state index contributed by atoms with van der Waals surface area (Å²) < 4.78 is 0. The van der Waals surface area contributed by atoms with Gasteiger partial charge < -0.3 is 5.11 Å². The van der Waals surface area contributed by atoms with Gasteiger partial charge in [-0.05, 0) is 58.4 Å². The third-order valence-corrected chi connectivity index (χ3v) is 4.54. The highest BCUT2D eigenvalue weighted by Gasteiger charge is 2.32. The lowest BCUT2D eigenvalue weighted by atomic mass is 9.94. The second-order valence-electron chi connectivity index (χ2n) is 6.05. The minimum absolute atomic E-state index is 0.174. The lowest BCUT2D eigenvalue weighted by molar-refractivity contribution is -0.144. The van der Waals surface area contributed by atoms with E-state index in [1.807, 2.05) is 25.6 Å². The van der Waals surface area contributed by atoms with E-state index in [1.54, 1.807) is 6.92 Å². The molecule has 0 bridgehead atoms. The molecule has 0 aromatic heterocycles. The molecule has 0 spiro atoms. The number of aryl methyl sites for hydroxylation is 1. The van der Waals surface area contributed by atoms with E-state index in [2.05, 4.69) is 36.5 Å². The first kappa shape index (κ1) is 18.1. The summed E-state index contributed by atoms with van der Waals surface area (Å²) in [5, 5.41) is 12.5. The van der Waals surface area contributed by atoms with Gasteiger partial charge in [-0.3, -0.25) is 10.1 Å². The number of thioether (sulfide) groups is 1. The minimum Gasteiger partial charge on any atom is -0.480 e. The molecule has 0 aliphatic rings. The first-order valence-corrected chi connectivity index (χ1v) is 8.52. The molecule has 0 heterocycles. The van der Waals surface area contributed by atoms with Crippen LogP contribution in [0.5, 0.6) is 0 Å². The van der Waals surface area contributed by atoms with Crippen LogP contribution < -0.4 is 5.32 Å². The maximum atomic E-state index is 11.4. The van der Waals surface area contributed by atoms with Crippen LogP contribution in [-0.2, 0) is 4.79 Å². The van der Waals surface area contributed by atoms with E-state index in [9.17, 15) is 9.90 Å². The molecule has 0 radical (unpaired) electrons. The second kappa shape index (κ2) is 8.44. The van der Waals surface area contributed by atoms with E-state index in [-0.39, 0.29) is 6.04 Å². The molecule has 0 amide bonds. The van der Waals surface area contributed by atoms with Gasteiger partial charge in [0.2, 0.25) is 0 Å². The molecule has 1 unspecified atom stereocenters.